The van der Waals surface area contributed by atoms with Gasteiger partial charge in [0, 0.05) is 50.5 Å². The molecule has 5 aliphatic rings. The predicted octanol–water partition coefficient (Wildman–Crippen LogP) is 1.22. The van der Waals surface area contributed by atoms with Gasteiger partial charge in [0.05, 0.1) is 50.0 Å². The van der Waals surface area contributed by atoms with E-state index in [1.807, 2.05) is 0 Å². The Labute approximate surface area is 299 Å². The summed E-state index contributed by atoms with van der Waals surface area (Å²) in [5.41, 5.74) is 6.21. The molecule has 2 aliphatic heterocycles. The molecule has 14 atom stereocenters. The van der Waals surface area contributed by atoms with E-state index in [2.05, 4.69) is 22.5 Å². The van der Waals surface area contributed by atoms with Crippen molar-refractivity contribution in [1.29, 1.82) is 0 Å². The van der Waals surface area contributed by atoms with Crippen LogP contribution in [-0.4, -0.2) is 90.0 Å². The van der Waals surface area contributed by atoms with Crippen LogP contribution in [0.1, 0.15) is 116 Å². The number of ether oxygens (including phenoxy) is 1. The molecule has 6 unspecified atom stereocenters. The molecule has 4 fully saturated rings. The van der Waals surface area contributed by atoms with Crippen molar-refractivity contribution in [3.8, 4) is 11.8 Å². The van der Waals surface area contributed by atoms with Crippen molar-refractivity contribution >= 4 is 17.9 Å². The summed E-state index contributed by atoms with van der Waals surface area (Å²) in [6.07, 6.45) is 12.2. The van der Waals surface area contributed by atoms with Crippen LogP contribution in [0, 0.1) is 59.2 Å². The maximum absolute atomic E-state index is 13.6. The number of carbonyl (C=O) groups excluding carboxylic acids is 3. The standard InChI is InChI=1S/C40H65N3O7/c1-50-39-20-29-9-13-37(48)33(36(47)5-3-2-4-25-18-30-7-11-32(46)22-35(30)43-24-25)12-8-26(34(29)23-38(39)49)6-10-31(45)19-28(15-17-44)27-14-16-42-40(41)21-27/h17,25-31,33-36,38-40,42-43,45,47,49H,2-7,9-11,13-16,18-24,41H2,1H3/p+2/t25-,26-,27?,28+,29?,30+,31+,33-,34?,35-,36-,38?,39?,40?/m1/s1. The highest BCUT2D eigenvalue weighted by atomic mass is 16.5. The van der Waals surface area contributed by atoms with Gasteiger partial charge in [0.25, 0.3) is 0 Å². The van der Waals surface area contributed by atoms with Crippen molar-refractivity contribution in [2.75, 3.05) is 20.2 Å². The molecule has 2 heterocycles. The molecule has 0 radical (unpaired) electrons. The number of fused-ring (bicyclic) bond motifs is 2. The third-order valence-electron chi connectivity index (χ3n) is 13.5. The van der Waals surface area contributed by atoms with Gasteiger partial charge in [0.15, 0.2) is 0 Å². The van der Waals surface area contributed by atoms with Crippen molar-refractivity contribution in [2.45, 2.75) is 152 Å². The molecule has 9 N–H and O–H groups in total. The number of piperidine rings is 2. The fraction of sp³-hybridized carbons (Fsp3) is 0.875. The Morgan fingerprint density at radius 3 is 2.58 bits per heavy atom. The van der Waals surface area contributed by atoms with Crippen LogP contribution in [0.5, 0.6) is 0 Å². The highest BCUT2D eigenvalue weighted by Crippen LogP contribution is 2.42. The molecule has 0 aromatic heterocycles. The van der Waals surface area contributed by atoms with Crippen molar-refractivity contribution in [3.05, 3.63) is 0 Å². The zero-order chi connectivity index (χ0) is 35.6. The van der Waals surface area contributed by atoms with Gasteiger partial charge in [0.2, 0.25) is 0 Å². The molecule has 50 heavy (non-hydrogen) atoms. The molecule has 0 bridgehead atoms. The van der Waals surface area contributed by atoms with Gasteiger partial charge in [0.1, 0.15) is 29.9 Å². The van der Waals surface area contributed by atoms with Crippen LogP contribution >= 0.6 is 0 Å². The van der Waals surface area contributed by atoms with Gasteiger partial charge >= 0.3 is 0 Å². The summed E-state index contributed by atoms with van der Waals surface area (Å²) in [6.45, 7) is 2.02. The van der Waals surface area contributed by atoms with Crippen LogP contribution in [0.25, 0.3) is 0 Å². The number of aliphatic hydroxyl groups excluding tert-OH is 3. The Kier molecular flexibility index (Phi) is 15.3. The first kappa shape index (κ1) is 39.5. The van der Waals surface area contributed by atoms with E-state index in [-0.39, 0.29) is 41.7 Å². The van der Waals surface area contributed by atoms with Crippen molar-refractivity contribution in [3.63, 3.8) is 0 Å². The second-order valence-corrected chi connectivity index (χ2v) is 16.8. The summed E-state index contributed by atoms with van der Waals surface area (Å²) in [6, 6.07) is 0.473. The average molecular weight is 702 g/mol. The summed E-state index contributed by atoms with van der Waals surface area (Å²) in [5.74, 6) is 8.25. The highest BCUT2D eigenvalue weighted by molar-refractivity contribution is 5.84. The first-order valence-corrected chi connectivity index (χ1v) is 20.1. The molecular formula is C40H67N3O7+2. The number of rotatable bonds is 15. The lowest BCUT2D eigenvalue weighted by molar-refractivity contribution is -0.711. The lowest BCUT2D eigenvalue weighted by Gasteiger charge is -2.41. The summed E-state index contributed by atoms with van der Waals surface area (Å²) >= 11 is 0. The molecule has 0 aromatic rings. The molecule has 10 nitrogen and oxygen atoms in total. The minimum atomic E-state index is -0.812. The average Bonchev–Trinajstić information content (AvgIpc) is 3.16. The van der Waals surface area contributed by atoms with Crippen LogP contribution in [0.3, 0.4) is 0 Å². The number of carbonyl (C=O) groups is 3. The van der Waals surface area contributed by atoms with Gasteiger partial charge in [-0.05, 0) is 94.3 Å². The smallest absolute Gasteiger partial charge is 0.150 e. The summed E-state index contributed by atoms with van der Waals surface area (Å²) in [5, 5.41) is 38.1. The number of Topliss-reactive ketones (excluding diaryl/α,β-unsaturated/α-hetero) is 2. The van der Waals surface area contributed by atoms with E-state index in [9.17, 15) is 29.7 Å². The summed E-state index contributed by atoms with van der Waals surface area (Å²) < 4.78 is 5.63. The molecule has 2 saturated heterocycles. The fourth-order valence-electron chi connectivity index (χ4n) is 10.5. The van der Waals surface area contributed by atoms with Crippen molar-refractivity contribution < 1.29 is 45.1 Å². The zero-order valence-electron chi connectivity index (χ0n) is 30.5. The van der Waals surface area contributed by atoms with Gasteiger partial charge in [-0.1, -0.05) is 24.7 Å². The van der Waals surface area contributed by atoms with Gasteiger partial charge in [-0.2, -0.15) is 0 Å². The minimum absolute atomic E-state index is 0.00364. The quantitative estimate of drug-likeness (QED) is 0.0838. The van der Waals surface area contributed by atoms with Crippen LogP contribution in [0.15, 0.2) is 0 Å². The lowest BCUT2D eigenvalue weighted by atomic mass is 9.67. The van der Waals surface area contributed by atoms with Crippen LogP contribution in [0.4, 0.5) is 0 Å². The number of aliphatic hydroxyl groups is 3. The molecule has 0 amide bonds. The van der Waals surface area contributed by atoms with E-state index < -0.39 is 24.2 Å². The summed E-state index contributed by atoms with van der Waals surface area (Å²) in [4.78, 5) is 37.0. The van der Waals surface area contributed by atoms with Gasteiger partial charge in [-0.15, -0.1) is 0 Å². The Balaban J connectivity index is 1.19. The lowest BCUT2D eigenvalue weighted by Crippen LogP contribution is -2.95. The van der Waals surface area contributed by atoms with E-state index in [4.69, 9.17) is 10.5 Å². The number of hydrogen-bond donors (Lipinski definition) is 6. The van der Waals surface area contributed by atoms with E-state index >= 15 is 0 Å². The van der Waals surface area contributed by atoms with E-state index in [0.717, 1.165) is 70.7 Å². The second-order valence-electron chi connectivity index (χ2n) is 16.8. The first-order valence-electron chi connectivity index (χ1n) is 20.1. The number of quaternary nitrogens is 2. The predicted molar refractivity (Wildman–Crippen MR) is 189 cm³/mol. The number of methoxy groups -OCH3 is 1. The highest BCUT2D eigenvalue weighted by Gasteiger charge is 2.42. The molecule has 0 aromatic carbocycles. The van der Waals surface area contributed by atoms with E-state index in [1.54, 1.807) is 7.11 Å². The third kappa shape index (κ3) is 10.9. The summed E-state index contributed by atoms with van der Waals surface area (Å²) in [7, 11) is 1.63. The van der Waals surface area contributed by atoms with Crippen LogP contribution in [0.2, 0.25) is 0 Å². The number of aldehydes is 1. The first-order chi connectivity index (χ1) is 24.1. The largest absolute Gasteiger partial charge is 0.393 e. The SMILES string of the molecule is COC1CC2CCC(=O)[C@@H]([C@H](O)CCCC[C@H]3C[NH2+][C@@H]4CC(=O)CC[C@H]4C3)C#C[C@@H](CC[C@H](O)C[C@H](CC=O)C3CC[NH2+]C(N)C3)C2CC1O. The maximum atomic E-state index is 13.6. The van der Waals surface area contributed by atoms with Crippen molar-refractivity contribution in [2.24, 2.45) is 53.1 Å². The van der Waals surface area contributed by atoms with Crippen LogP contribution < -0.4 is 16.4 Å². The monoisotopic (exact) mass is 701 g/mol. The van der Waals surface area contributed by atoms with Gasteiger partial charge in [-0.3, -0.25) is 15.3 Å². The zero-order valence-corrected chi connectivity index (χ0v) is 30.5. The molecular weight excluding hydrogens is 634 g/mol. The van der Waals surface area contributed by atoms with E-state index in [0.29, 0.717) is 87.4 Å². The Morgan fingerprint density at radius 2 is 1.80 bits per heavy atom. The number of nitrogens with two attached hydrogens (primary N) is 3. The van der Waals surface area contributed by atoms with Gasteiger partial charge < -0.3 is 35.5 Å². The molecule has 2 saturated carbocycles. The molecule has 282 valence electrons. The van der Waals surface area contributed by atoms with E-state index in [1.165, 1.54) is 6.42 Å². The number of hydrogen-bond acceptors (Lipinski definition) is 8. The topological polar surface area (TPSA) is 180 Å². The van der Waals surface area contributed by atoms with Crippen LogP contribution in [-0.2, 0) is 19.1 Å². The number of unbranched alkanes of at least 4 members (excludes halogenated alkanes) is 1. The Bertz CT molecular complexity index is 1170. The van der Waals surface area contributed by atoms with Crippen molar-refractivity contribution in [1.82, 2.24) is 0 Å². The molecule has 3 aliphatic carbocycles. The molecule has 10 heteroatoms. The fourth-order valence-corrected chi connectivity index (χ4v) is 10.5. The minimum Gasteiger partial charge on any atom is -0.393 e. The number of ketones is 2. The maximum Gasteiger partial charge on any atom is 0.150 e. The molecule has 0 spiro atoms. The normalized spacial score (nSPS) is 38.2. The second kappa shape index (κ2) is 19.4. The third-order valence-corrected chi connectivity index (χ3v) is 13.5. The Hall–Kier alpha value is -1.71. The molecule has 5 rings (SSSR count). The van der Waals surface area contributed by atoms with Gasteiger partial charge in [-0.25, -0.2) is 0 Å². The Morgan fingerprint density at radius 1 is 0.980 bits per heavy atom.